The van der Waals surface area contributed by atoms with Gasteiger partial charge in [-0.25, -0.2) is 9.18 Å². The van der Waals surface area contributed by atoms with Gasteiger partial charge < -0.3 is 19.1 Å². The molecule has 8 heteroatoms. The van der Waals surface area contributed by atoms with Gasteiger partial charge in [0.05, 0.1) is 35.2 Å². The molecular weight excluding hydrogens is 557 g/mol. The fourth-order valence-corrected chi connectivity index (χ4v) is 7.27. The smallest absolute Gasteiger partial charge is 0.339 e. The van der Waals surface area contributed by atoms with Crippen LogP contribution in [0, 0.1) is 26.6 Å². The summed E-state index contributed by atoms with van der Waals surface area (Å²) in [6, 6.07) is 21.5. The third-order valence-corrected chi connectivity index (χ3v) is 9.41. The number of carbonyl (C=O) groups is 1. The maximum Gasteiger partial charge on any atom is 0.339 e. The summed E-state index contributed by atoms with van der Waals surface area (Å²) in [5.41, 5.74) is 6.19. The Hall–Kier alpha value is -4.43. The summed E-state index contributed by atoms with van der Waals surface area (Å²) in [6.45, 7) is 10.6. The molecule has 5 aromatic rings. The summed E-state index contributed by atoms with van der Waals surface area (Å²) in [4.78, 5) is 11.9. The molecule has 7 nitrogen and oxygen atoms in total. The lowest BCUT2D eigenvalue weighted by atomic mass is 9.66. The van der Waals surface area contributed by atoms with Crippen LogP contribution in [0.25, 0.3) is 16.6 Å². The summed E-state index contributed by atoms with van der Waals surface area (Å²) < 4.78 is 32.0. The lowest BCUT2D eigenvalue weighted by molar-refractivity contribution is -0.156. The first-order chi connectivity index (χ1) is 21.0. The van der Waals surface area contributed by atoms with Crippen LogP contribution in [-0.2, 0) is 22.4 Å². The number of rotatable bonds is 6. The van der Waals surface area contributed by atoms with Crippen molar-refractivity contribution < 1.29 is 23.8 Å². The Balaban J connectivity index is 1.42. The first-order valence-corrected chi connectivity index (χ1v) is 15.1. The van der Waals surface area contributed by atoms with Crippen LogP contribution in [0.15, 0.2) is 66.7 Å². The fourth-order valence-electron chi connectivity index (χ4n) is 7.27. The van der Waals surface area contributed by atoms with Gasteiger partial charge in [0.2, 0.25) is 0 Å². The second kappa shape index (κ2) is 10.1. The van der Waals surface area contributed by atoms with Crippen LogP contribution in [0.3, 0.4) is 0 Å². The van der Waals surface area contributed by atoms with Crippen molar-refractivity contribution in [2.75, 3.05) is 6.61 Å². The molecule has 1 aliphatic carbocycles. The number of halogens is 1. The van der Waals surface area contributed by atoms with Crippen molar-refractivity contribution in [3.8, 4) is 11.4 Å². The molecule has 0 radical (unpaired) electrons. The van der Waals surface area contributed by atoms with Crippen LogP contribution in [0.2, 0.25) is 0 Å². The normalized spacial score (nSPS) is 20.5. The number of aromatic nitrogens is 3. The van der Waals surface area contributed by atoms with Gasteiger partial charge in [-0.1, -0.05) is 50.2 Å². The third-order valence-electron chi connectivity index (χ3n) is 9.41. The molecule has 3 aromatic carbocycles. The molecule has 0 atom stereocenters. The number of aryl methyl sites for hydroxylation is 2. The number of ether oxygens (including phenoxy) is 2. The number of carboxylic acid groups (broad SMARTS) is 1. The topological polar surface area (TPSA) is 78.5 Å². The van der Waals surface area contributed by atoms with E-state index in [9.17, 15) is 14.3 Å². The Morgan fingerprint density at radius 2 is 1.82 bits per heavy atom. The van der Waals surface area contributed by atoms with Gasteiger partial charge in [-0.05, 0) is 62.2 Å². The molecule has 44 heavy (non-hydrogen) atoms. The number of nitrogens with zero attached hydrogens (tertiary/aromatic N) is 3. The van der Waals surface area contributed by atoms with E-state index in [4.69, 9.17) is 9.47 Å². The van der Waals surface area contributed by atoms with Crippen molar-refractivity contribution >= 4 is 16.9 Å². The molecule has 0 bridgehead atoms. The van der Waals surface area contributed by atoms with Gasteiger partial charge in [0.15, 0.2) is 0 Å². The van der Waals surface area contributed by atoms with Crippen LogP contribution < -0.4 is 4.74 Å². The SMILES string of the molecule is Cc1cc(-n2c3c(c4c(OCc5ccccc5)cccc42)C2(CC(n4nc(C)c(C(=O)O)c4C)C2)OCC3(C)C)ccc1F. The van der Waals surface area contributed by atoms with Crippen molar-refractivity contribution in [1.82, 2.24) is 14.3 Å². The van der Waals surface area contributed by atoms with Gasteiger partial charge >= 0.3 is 5.97 Å². The Labute approximate surface area is 255 Å². The number of hydrogen-bond donors (Lipinski definition) is 1. The second-order valence-corrected chi connectivity index (χ2v) is 12.9. The van der Waals surface area contributed by atoms with E-state index in [0.29, 0.717) is 43.0 Å². The van der Waals surface area contributed by atoms with Crippen molar-refractivity contribution in [1.29, 1.82) is 0 Å². The van der Waals surface area contributed by atoms with E-state index >= 15 is 0 Å². The Morgan fingerprint density at radius 1 is 1.07 bits per heavy atom. The van der Waals surface area contributed by atoms with Gasteiger partial charge in [-0.15, -0.1) is 0 Å². The van der Waals surface area contributed by atoms with Gasteiger partial charge in [0.25, 0.3) is 0 Å². The van der Waals surface area contributed by atoms with E-state index < -0.39 is 11.6 Å². The molecule has 7 rings (SSSR count). The first-order valence-electron chi connectivity index (χ1n) is 15.1. The molecule has 1 fully saturated rings. The number of carboxylic acids is 1. The highest BCUT2D eigenvalue weighted by atomic mass is 19.1. The van der Waals surface area contributed by atoms with Crippen LogP contribution in [0.4, 0.5) is 4.39 Å². The van der Waals surface area contributed by atoms with Crippen molar-refractivity contribution in [3.63, 3.8) is 0 Å². The molecule has 1 saturated carbocycles. The number of aromatic carboxylic acids is 1. The zero-order valence-corrected chi connectivity index (χ0v) is 25.6. The predicted molar refractivity (Wildman–Crippen MR) is 166 cm³/mol. The number of hydrogen-bond acceptors (Lipinski definition) is 4. The van der Waals surface area contributed by atoms with Crippen LogP contribution in [-0.4, -0.2) is 32.0 Å². The molecule has 0 amide bonds. The molecule has 1 aliphatic heterocycles. The van der Waals surface area contributed by atoms with Crippen molar-refractivity contribution in [3.05, 3.63) is 112 Å². The van der Waals surface area contributed by atoms with E-state index in [-0.39, 0.29) is 22.8 Å². The monoisotopic (exact) mass is 593 g/mol. The molecule has 226 valence electrons. The fraction of sp³-hybridized carbons (Fsp3) is 0.333. The van der Waals surface area contributed by atoms with Crippen LogP contribution in [0.5, 0.6) is 5.75 Å². The highest BCUT2D eigenvalue weighted by Gasteiger charge is 2.56. The first kappa shape index (κ1) is 28.3. The summed E-state index contributed by atoms with van der Waals surface area (Å²) in [6.07, 6.45) is 1.29. The van der Waals surface area contributed by atoms with Crippen LogP contribution >= 0.6 is 0 Å². The van der Waals surface area contributed by atoms with E-state index in [0.717, 1.165) is 39.2 Å². The standard InChI is InChI=1S/C36H36FN3O4/c1-21-16-25(14-15-27(21)37)39-28-12-9-13-29(43-19-24-10-7-6-8-11-24)31(28)32-33(39)35(4,5)20-44-36(32)17-26(18-36)40-23(3)30(34(41)42)22(2)38-40/h6-16,26H,17-20H2,1-5H3,(H,41,42). The van der Waals surface area contributed by atoms with Gasteiger partial charge in [0.1, 0.15) is 23.7 Å². The van der Waals surface area contributed by atoms with Gasteiger partial charge in [0, 0.05) is 40.6 Å². The molecule has 0 unspecified atom stereocenters. The summed E-state index contributed by atoms with van der Waals surface area (Å²) in [5.74, 6) is -0.433. The Kier molecular flexibility index (Phi) is 6.48. The maximum atomic E-state index is 14.5. The third kappa shape index (κ3) is 4.26. The average molecular weight is 594 g/mol. The van der Waals surface area contributed by atoms with Crippen molar-refractivity contribution in [2.24, 2.45) is 0 Å². The van der Waals surface area contributed by atoms with Crippen molar-refractivity contribution in [2.45, 2.75) is 71.1 Å². The maximum absolute atomic E-state index is 14.5. The lowest BCUT2D eigenvalue weighted by Crippen LogP contribution is -2.51. The Bertz CT molecular complexity index is 1930. The Morgan fingerprint density at radius 3 is 2.50 bits per heavy atom. The highest BCUT2D eigenvalue weighted by Crippen LogP contribution is 2.60. The van der Waals surface area contributed by atoms with Gasteiger partial charge in [-0.2, -0.15) is 5.10 Å². The molecule has 2 aromatic heterocycles. The number of benzene rings is 3. The number of fused-ring (bicyclic) bond motifs is 4. The van der Waals surface area contributed by atoms with E-state index in [1.165, 1.54) is 6.07 Å². The van der Waals surface area contributed by atoms with Crippen LogP contribution in [0.1, 0.15) is 76.9 Å². The summed E-state index contributed by atoms with van der Waals surface area (Å²) >= 11 is 0. The van der Waals surface area contributed by atoms with E-state index in [1.54, 1.807) is 13.8 Å². The molecule has 0 saturated heterocycles. The zero-order chi connectivity index (χ0) is 31.0. The van der Waals surface area contributed by atoms with E-state index in [1.807, 2.05) is 66.2 Å². The molecule has 1 N–H and O–H groups in total. The minimum atomic E-state index is -0.962. The average Bonchev–Trinajstić information content (AvgIpc) is 3.48. The summed E-state index contributed by atoms with van der Waals surface area (Å²) in [5, 5.41) is 15.4. The zero-order valence-electron chi connectivity index (χ0n) is 25.6. The van der Waals surface area contributed by atoms with Gasteiger partial charge in [-0.3, -0.25) is 4.68 Å². The lowest BCUT2D eigenvalue weighted by Gasteiger charge is -2.53. The summed E-state index contributed by atoms with van der Waals surface area (Å²) in [7, 11) is 0. The highest BCUT2D eigenvalue weighted by molar-refractivity contribution is 5.94. The second-order valence-electron chi connectivity index (χ2n) is 12.9. The molecular formula is C36H36FN3O4. The largest absolute Gasteiger partial charge is 0.488 e. The molecule has 2 aliphatic rings. The van der Waals surface area contributed by atoms with E-state index in [2.05, 4.69) is 29.6 Å². The molecule has 1 spiro atoms. The predicted octanol–water partition coefficient (Wildman–Crippen LogP) is 7.71. The minimum Gasteiger partial charge on any atom is -0.488 e. The quantitative estimate of drug-likeness (QED) is 0.218. The molecule has 3 heterocycles. The minimum absolute atomic E-state index is 0.0141.